The Labute approximate surface area is 135 Å². The number of hydrogen-bond donors (Lipinski definition) is 1. The van der Waals surface area contributed by atoms with Gasteiger partial charge in [0.1, 0.15) is 0 Å². The molecule has 1 unspecified atom stereocenters. The van der Waals surface area contributed by atoms with Gasteiger partial charge in [-0.2, -0.15) is 0 Å². The molecule has 0 spiro atoms. The summed E-state index contributed by atoms with van der Waals surface area (Å²) in [5, 5.41) is 2.95. The average Bonchev–Trinajstić information content (AvgIpc) is 2.60. The zero-order valence-electron chi connectivity index (χ0n) is 13.5. The molecule has 3 rings (SSSR count). The van der Waals surface area contributed by atoms with E-state index >= 15 is 0 Å². The summed E-state index contributed by atoms with van der Waals surface area (Å²) in [6, 6.07) is 13.2. The van der Waals surface area contributed by atoms with Crippen LogP contribution in [-0.2, 0) is 0 Å². The van der Waals surface area contributed by atoms with E-state index in [0.717, 1.165) is 23.4 Å². The van der Waals surface area contributed by atoms with Crippen LogP contribution in [0.3, 0.4) is 0 Å². The number of nitrogens with one attached hydrogen (secondary N) is 1. The number of rotatable bonds is 4. The molecule has 0 radical (unpaired) electrons. The molecule has 2 aromatic carbocycles. The van der Waals surface area contributed by atoms with Gasteiger partial charge in [-0.3, -0.25) is 4.90 Å². The predicted molar refractivity (Wildman–Crippen MR) is 90.5 cm³/mol. The molecule has 120 valence electrons. The molecule has 2 amide bonds. The van der Waals surface area contributed by atoms with E-state index in [1.807, 2.05) is 42.5 Å². The summed E-state index contributed by atoms with van der Waals surface area (Å²) >= 11 is 0. The third kappa shape index (κ3) is 2.59. The fraction of sp³-hybridized carbons (Fsp3) is 0.278. The Morgan fingerprint density at radius 1 is 1.09 bits per heavy atom. The maximum Gasteiger partial charge on any atom is 0.326 e. The van der Waals surface area contributed by atoms with E-state index < -0.39 is 0 Å². The fourth-order valence-corrected chi connectivity index (χ4v) is 3.02. The van der Waals surface area contributed by atoms with Gasteiger partial charge in [-0.05, 0) is 24.6 Å². The minimum Gasteiger partial charge on any atom is -0.493 e. The molecular formula is C18H20N2O3. The van der Waals surface area contributed by atoms with Crippen molar-refractivity contribution in [2.45, 2.75) is 19.4 Å². The van der Waals surface area contributed by atoms with Crippen LogP contribution < -0.4 is 19.7 Å². The Morgan fingerprint density at radius 3 is 2.35 bits per heavy atom. The van der Waals surface area contributed by atoms with Crippen LogP contribution in [0.15, 0.2) is 42.5 Å². The predicted octanol–water partition coefficient (Wildman–Crippen LogP) is 4.21. The fourth-order valence-electron chi connectivity index (χ4n) is 3.02. The Balaban J connectivity index is 2.11. The normalized spacial score (nSPS) is 16.6. The van der Waals surface area contributed by atoms with E-state index in [4.69, 9.17) is 9.47 Å². The summed E-state index contributed by atoms with van der Waals surface area (Å²) in [5.74, 6) is 1.27. The highest BCUT2D eigenvalue weighted by molar-refractivity contribution is 6.05. The number of methoxy groups -OCH3 is 2. The molecule has 0 saturated heterocycles. The Hall–Kier alpha value is -2.69. The SMILES string of the molecule is CCC1c2cc(OC)c(OC)cc2NC(=O)N1c1ccccc1. The van der Waals surface area contributed by atoms with Crippen molar-refractivity contribution in [2.24, 2.45) is 0 Å². The summed E-state index contributed by atoms with van der Waals surface area (Å²) in [6.45, 7) is 2.07. The van der Waals surface area contributed by atoms with Crippen LogP contribution in [0.2, 0.25) is 0 Å². The number of carbonyl (C=O) groups excluding carboxylic acids is 1. The van der Waals surface area contributed by atoms with Crippen molar-refractivity contribution in [2.75, 3.05) is 24.4 Å². The van der Waals surface area contributed by atoms with E-state index in [-0.39, 0.29) is 12.1 Å². The molecule has 1 atom stereocenters. The highest BCUT2D eigenvalue weighted by Crippen LogP contribution is 2.43. The Kier molecular flexibility index (Phi) is 4.10. The van der Waals surface area contributed by atoms with Crippen molar-refractivity contribution < 1.29 is 14.3 Å². The monoisotopic (exact) mass is 312 g/mol. The van der Waals surface area contributed by atoms with Gasteiger partial charge < -0.3 is 14.8 Å². The number of hydrogen-bond acceptors (Lipinski definition) is 3. The quantitative estimate of drug-likeness (QED) is 0.920. The number of para-hydroxylation sites is 1. The summed E-state index contributed by atoms with van der Waals surface area (Å²) in [5.41, 5.74) is 2.66. The second-order valence-corrected chi connectivity index (χ2v) is 5.35. The molecule has 1 N–H and O–H groups in total. The van der Waals surface area contributed by atoms with Crippen molar-refractivity contribution in [1.29, 1.82) is 0 Å². The summed E-state index contributed by atoms with van der Waals surface area (Å²) in [6.07, 6.45) is 0.796. The number of nitrogens with zero attached hydrogens (tertiary/aromatic N) is 1. The summed E-state index contributed by atoms with van der Waals surface area (Å²) in [7, 11) is 3.20. The van der Waals surface area contributed by atoms with Gasteiger partial charge in [-0.25, -0.2) is 4.79 Å². The lowest BCUT2D eigenvalue weighted by Gasteiger charge is -2.37. The van der Waals surface area contributed by atoms with E-state index in [0.29, 0.717) is 11.5 Å². The van der Waals surface area contributed by atoms with Gasteiger partial charge in [0.2, 0.25) is 0 Å². The van der Waals surface area contributed by atoms with E-state index in [1.165, 1.54) is 0 Å². The van der Waals surface area contributed by atoms with Crippen LogP contribution in [0.1, 0.15) is 24.9 Å². The zero-order valence-corrected chi connectivity index (χ0v) is 13.5. The van der Waals surface area contributed by atoms with Crippen LogP contribution in [-0.4, -0.2) is 20.3 Å². The molecule has 0 bridgehead atoms. The first-order chi connectivity index (χ1) is 11.2. The van der Waals surface area contributed by atoms with Crippen LogP contribution in [0.5, 0.6) is 11.5 Å². The van der Waals surface area contributed by atoms with Gasteiger partial charge in [0.05, 0.1) is 25.9 Å². The van der Waals surface area contributed by atoms with Crippen molar-refractivity contribution in [3.63, 3.8) is 0 Å². The highest BCUT2D eigenvalue weighted by Gasteiger charge is 2.33. The van der Waals surface area contributed by atoms with Crippen molar-refractivity contribution in [1.82, 2.24) is 0 Å². The minimum absolute atomic E-state index is 0.0547. The van der Waals surface area contributed by atoms with Crippen molar-refractivity contribution >= 4 is 17.4 Å². The third-order valence-corrected chi connectivity index (χ3v) is 4.11. The summed E-state index contributed by atoms with van der Waals surface area (Å²) in [4.78, 5) is 14.4. The number of benzene rings is 2. The number of carbonyl (C=O) groups is 1. The van der Waals surface area contributed by atoms with Crippen LogP contribution in [0.4, 0.5) is 16.2 Å². The van der Waals surface area contributed by atoms with Crippen molar-refractivity contribution in [3.8, 4) is 11.5 Å². The van der Waals surface area contributed by atoms with Gasteiger partial charge in [0, 0.05) is 17.3 Å². The lowest BCUT2D eigenvalue weighted by molar-refractivity contribution is 0.253. The van der Waals surface area contributed by atoms with Crippen LogP contribution in [0.25, 0.3) is 0 Å². The number of amides is 2. The van der Waals surface area contributed by atoms with Crippen LogP contribution in [0, 0.1) is 0 Å². The standard InChI is InChI=1S/C18H20N2O3/c1-4-15-13-10-16(22-2)17(23-3)11-14(13)19-18(21)20(15)12-8-6-5-7-9-12/h5-11,15H,4H2,1-3H3,(H,19,21). The first kappa shape index (κ1) is 15.2. The van der Waals surface area contributed by atoms with E-state index in [2.05, 4.69) is 12.2 Å². The molecule has 5 heteroatoms. The molecule has 1 aliphatic rings. The topological polar surface area (TPSA) is 50.8 Å². The Bertz CT molecular complexity index is 716. The lowest BCUT2D eigenvalue weighted by atomic mass is 9.97. The van der Waals surface area contributed by atoms with E-state index in [9.17, 15) is 4.79 Å². The van der Waals surface area contributed by atoms with Crippen molar-refractivity contribution in [3.05, 3.63) is 48.0 Å². The molecular weight excluding hydrogens is 292 g/mol. The minimum atomic E-state index is -0.136. The summed E-state index contributed by atoms with van der Waals surface area (Å²) < 4.78 is 10.7. The second kappa shape index (κ2) is 6.20. The number of fused-ring (bicyclic) bond motifs is 1. The zero-order chi connectivity index (χ0) is 16.4. The molecule has 1 aliphatic heterocycles. The molecule has 1 heterocycles. The van der Waals surface area contributed by atoms with Gasteiger partial charge in [-0.1, -0.05) is 25.1 Å². The maximum atomic E-state index is 12.6. The average molecular weight is 312 g/mol. The Morgan fingerprint density at radius 2 is 1.74 bits per heavy atom. The smallest absolute Gasteiger partial charge is 0.326 e. The number of ether oxygens (including phenoxy) is 2. The van der Waals surface area contributed by atoms with Gasteiger partial charge >= 0.3 is 6.03 Å². The lowest BCUT2D eigenvalue weighted by Crippen LogP contribution is -2.42. The molecule has 0 aromatic heterocycles. The molecule has 5 nitrogen and oxygen atoms in total. The number of anilines is 2. The highest BCUT2D eigenvalue weighted by atomic mass is 16.5. The molecule has 2 aromatic rings. The number of urea groups is 1. The first-order valence-electron chi connectivity index (χ1n) is 7.60. The van der Waals surface area contributed by atoms with Gasteiger partial charge in [-0.15, -0.1) is 0 Å². The first-order valence-corrected chi connectivity index (χ1v) is 7.60. The molecule has 23 heavy (non-hydrogen) atoms. The van der Waals surface area contributed by atoms with Crippen LogP contribution >= 0.6 is 0 Å². The van der Waals surface area contributed by atoms with Gasteiger partial charge in [0.15, 0.2) is 11.5 Å². The third-order valence-electron chi connectivity index (χ3n) is 4.11. The largest absolute Gasteiger partial charge is 0.493 e. The molecule has 0 fully saturated rings. The van der Waals surface area contributed by atoms with Gasteiger partial charge in [0.25, 0.3) is 0 Å². The van der Waals surface area contributed by atoms with E-state index in [1.54, 1.807) is 19.1 Å². The molecule has 0 saturated carbocycles. The molecule has 0 aliphatic carbocycles. The second-order valence-electron chi connectivity index (χ2n) is 5.35. The maximum absolute atomic E-state index is 12.6.